The molecule has 158 valence electrons. The summed E-state index contributed by atoms with van der Waals surface area (Å²) >= 11 is 0. The van der Waals surface area contributed by atoms with Crippen LogP contribution >= 0.6 is 24.0 Å². The summed E-state index contributed by atoms with van der Waals surface area (Å²) in [7, 11) is 3.13. The lowest BCUT2D eigenvalue weighted by Crippen LogP contribution is -2.41. The maximum atomic E-state index is 12.0. The van der Waals surface area contributed by atoms with Gasteiger partial charge < -0.3 is 19.7 Å². The number of methoxy groups -OCH3 is 2. The number of hydrogen-bond acceptors (Lipinski definition) is 4. The van der Waals surface area contributed by atoms with Crippen molar-refractivity contribution in [3.05, 3.63) is 29.8 Å². The maximum absolute atomic E-state index is 12.0. The highest BCUT2D eigenvalue weighted by Gasteiger charge is 2.37. The van der Waals surface area contributed by atoms with E-state index >= 15 is 0 Å². The van der Waals surface area contributed by atoms with Crippen molar-refractivity contribution >= 4 is 35.9 Å². The highest BCUT2D eigenvalue weighted by atomic mass is 127. The summed E-state index contributed by atoms with van der Waals surface area (Å²) in [4.78, 5) is 19.0. The smallest absolute Gasteiger partial charge is 0.310 e. The summed E-state index contributed by atoms with van der Waals surface area (Å²) < 4.78 is 10.2. The van der Waals surface area contributed by atoms with Crippen molar-refractivity contribution in [1.29, 1.82) is 0 Å². The quantitative estimate of drug-likeness (QED) is 0.280. The Bertz CT molecular complexity index is 661. The molecule has 0 amide bonds. The number of carbonyl (C=O) groups excluding carboxylic acids is 1. The second-order valence-electron chi connectivity index (χ2n) is 7.79. The lowest BCUT2D eigenvalue weighted by Gasteiger charge is -2.26. The van der Waals surface area contributed by atoms with Crippen molar-refractivity contribution < 1.29 is 14.3 Å². The molecule has 1 aliphatic rings. The number of halogens is 1. The van der Waals surface area contributed by atoms with Gasteiger partial charge in [0.2, 0.25) is 0 Å². The zero-order valence-electron chi connectivity index (χ0n) is 17.8. The van der Waals surface area contributed by atoms with E-state index in [9.17, 15) is 4.79 Å². The lowest BCUT2D eigenvalue weighted by atomic mass is 9.85. The van der Waals surface area contributed by atoms with Crippen LogP contribution in [0.4, 0.5) is 0 Å². The molecule has 2 atom stereocenters. The number of ether oxygens (including phenoxy) is 2. The first-order valence-electron chi connectivity index (χ1n) is 9.58. The standard InChI is InChI=1S/C21H33N3O3.HI/c1-7-22-20(24-12-15(2)18(13-24)19(25)27-6)23-14-21(3,4)16-8-10-17(26-5)11-9-16;/h8-11,15,18H,7,12-14H2,1-6H3,(H,22,23);1H. The third-order valence-electron chi connectivity index (χ3n) is 5.25. The monoisotopic (exact) mass is 503 g/mol. The fourth-order valence-corrected chi connectivity index (χ4v) is 3.43. The van der Waals surface area contributed by atoms with Crippen molar-refractivity contribution in [2.24, 2.45) is 16.8 Å². The van der Waals surface area contributed by atoms with Gasteiger partial charge >= 0.3 is 5.97 Å². The Hall–Kier alpha value is -1.51. The van der Waals surface area contributed by atoms with Crippen LogP contribution in [0.25, 0.3) is 0 Å². The van der Waals surface area contributed by atoms with Crippen molar-refractivity contribution in [2.75, 3.05) is 40.4 Å². The molecule has 0 spiro atoms. The van der Waals surface area contributed by atoms with E-state index in [4.69, 9.17) is 14.5 Å². The molecule has 6 nitrogen and oxygen atoms in total. The van der Waals surface area contributed by atoms with Gasteiger partial charge in [-0.2, -0.15) is 0 Å². The maximum Gasteiger partial charge on any atom is 0.310 e. The molecule has 7 heteroatoms. The van der Waals surface area contributed by atoms with E-state index in [0.717, 1.165) is 24.8 Å². The molecule has 0 radical (unpaired) electrons. The van der Waals surface area contributed by atoms with E-state index in [1.54, 1.807) is 7.11 Å². The normalized spacial score (nSPS) is 19.8. The van der Waals surface area contributed by atoms with Crippen LogP contribution in [-0.2, 0) is 14.9 Å². The van der Waals surface area contributed by atoms with Crippen LogP contribution in [0.5, 0.6) is 5.75 Å². The second kappa shape index (κ2) is 10.9. The highest BCUT2D eigenvalue weighted by Crippen LogP contribution is 2.27. The minimum atomic E-state index is -0.139. The van der Waals surface area contributed by atoms with Crippen LogP contribution < -0.4 is 10.1 Å². The molecule has 1 aromatic rings. The van der Waals surface area contributed by atoms with Crippen LogP contribution in [0, 0.1) is 11.8 Å². The molecule has 28 heavy (non-hydrogen) atoms. The third-order valence-corrected chi connectivity index (χ3v) is 5.25. The van der Waals surface area contributed by atoms with Crippen molar-refractivity contribution in [3.8, 4) is 5.75 Å². The van der Waals surface area contributed by atoms with Gasteiger partial charge in [-0.25, -0.2) is 0 Å². The van der Waals surface area contributed by atoms with Crippen LogP contribution in [0.3, 0.4) is 0 Å². The molecular formula is C21H34IN3O3. The van der Waals surface area contributed by atoms with Gasteiger partial charge in [-0.05, 0) is 30.5 Å². The first-order valence-corrected chi connectivity index (χ1v) is 9.58. The average molecular weight is 503 g/mol. The van der Waals surface area contributed by atoms with Gasteiger partial charge in [0.1, 0.15) is 5.75 Å². The second-order valence-corrected chi connectivity index (χ2v) is 7.79. The minimum absolute atomic E-state index is 0. The van der Waals surface area contributed by atoms with E-state index in [2.05, 4.69) is 50.0 Å². The van der Waals surface area contributed by atoms with Gasteiger partial charge in [0.05, 0.1) is 26.7 Å². The first-order chi connectivity index (χ1) is 12.8. The minimum Gasteiger partial charge on any atom is -0.497 e. The molecule has 2 rings (SSSR count). The number of hydrogen-bond donors (Lipinski definition) is 1. The van der Waals surface area contributed by atoms with E-state index < -0.39 is 0 Å². The molecule has 0 aliphatic carbocycles. The van der Waals surface area contributed by atoms with Crippen LogP contribution in [-0.4, -0.2) is 57.2 Å². The van der Waals surface area contributed by atoms with Crippen LogP contribution in [0.2, 0.25) is 0 Å². The van der Waals surface area contributed by atoms with Gasteiger partial charge in [-0.1, -0.05) is 32.9 Å². The number of rotatable bonds is 6. The molecule has 2 unspecified atom stereocenters. The lowest BCUT2D eigenvalue weighted by molar-refractivity contribution is -0.145. The molecule has 0 bridgehead atoms. The molecule has 1 saturated heterocycles. The van der Waals surface area contributed by atoms with Crippen molar-refractivity contribution in [2.45, 2.75) is 33.1 Å². The summed E-state index contributed by atoms with van der Waals surface area (Å²) in [5, 5.41) is 3.37. The number of guanidine groups is 1. The summed E-state index contributed by atoms with van der Waals surface area (Å²) in [5.74, 6) is 1.72. The molecule has 1 fully saturated rings. The summed E-state index contributed by atoms with van der Waals surface area (Å²) in [6.45, 7) is 11.4. The zero-order chi connectivity index (χ0) is 20.0. The number of benzene rings is 1. The van der Waals surface area contributed by atoms with Gasteiger partial charge in [0, 0.05) is 25.0 Å². The highest BCUT2D eigenvalue weighted by molar-refractivity contribution is 14.0. The summed E-state index contributed by atoms with van der Waals surface area (Å²) in [6, 6.07) is 8.14. The van der Waals surface area contributed by atoms with E-state index in [1.165, 1.54) is 12.7 Å². The third kappa shape index (κ3) is 5.99. The fourth-order valence-electron chi connectivity index (χ4n) is 3.43. The fraction of sp³-hybridized carbons (Fsp3) is 0.619. The SMILES string of the molecule is CCNC(=NCC(C)(C)c1ccc(OC)cc1)N1CC(C)C(C(=O)OC)C1.I. The predicted molar refractivity (Wildman–Crippen MR) is 124 cm³/mol. The molecular weight excluding hydrogens is 469 g/mol. The summed E-state index contributed by atoms with van der Waals surface area (Å²) in [6.07, 6.45) is 0. The first kappa shape index (κ1) is 24.5. The number of aliphatic imine (C=N–C) groups is 1. The van der Waals surface area contributed by atoms with Crippen LogP contribution in [0.1, 0.15) is 33.3 Å². The zero-order valence-corrected chi connectivity index (χ0v) is 20.2. The largest absolute Gasteiger partial charge is 0.497 e. The number of esters is 1. The van der Waals surface area contributed by atoms with Gasteiger partial charge in [0.15, 0.2) is 5.96 Å². The number of nitrogens with one attached hydrogen (secondary N) is 1. The van der Waals surface area contributed by atoms with E-state index in [0.29, 0.717) is 13.1 Å². The van der Waals surface area contributed by atoms with E-state index in [-0.39, 0.29) is 47.2 Å². The van der Waals surface area contributed by atoms with Crippen LogP contribution in [0.15, 0.2) is 29.3 Å². The molecule has 1 aromatic carbocycles. The number of carbonyl (C=O) groups is 1. The molecule has 0 saturated carbocycles. The predicted octanol–water partition coefficient (Wildman–Crippen LogP) is 3.30. The Morgan fingerprint density at radius 1 is 1.25 bits per heavy atom. The topological polar surface area (TPSA) is 63.2 Å². The molecule has 1 aliphatic heterocycles. The number of likely N-dealkylation sites (tertiary alicyclic amines) is 1. The Morgan fingerprint density at radius 3 is 2.43 bits per heavy atom. The van der Waals surface area contributed by atoms with Gasteiger partial charge in [-0.15, -0.1) is 24.0 Å². The Kier molecular flexibility index (Phi) is 9.53. The molecule has 1 N–H and O–H groups in total. The Morgan fingerprint density at radius 2 is 1.89 bits per heavy atom. The van der Waals surface area contributed by atoms with Crippen molar-refractivity contribution in [1.82, 2.24) is 10.2 Å². The molecule has 1 heterocycles. The van der Waals surface area contributed by atoms with Gasteiger partial charge in [-0.3, -0.25) is 9.79 Å². The average Bonchev–Trinajstić information content (AvgIpc) is 3.06. The van der Waals surface area contributed by atoms with Gasteiger partial charge in [0.25, 0.3) is 0 Å². The Labute approximate surface area is 186 Å². The summed E-state index contributed by atoms with van der Waals surface area (Å²) in [5.41, 5.74) is 1.10. The van der Waals surface area contributed by atoms with E-state index in [1.807, 2.05) is 12.1 Å². The van der Waals surface area contributed by atoms with Crippen molar-refractivity contribution in [3.63, 3.8) is 0 Å². The number of nitrogens with zero attached hydrogens (tertiary/aromatic N) is 2. The molecule has 0 aromatic heterocycles. The Balaban J connectivity index is 0.00000392.